The van der Waals surface area contributed by atoms with E-state index in [0.29, 0.717) is 5.75 Å². The maximum absolute atomic E-state index is 12.5. The number of carbonyl (C=O) groups is 1. The Balaban J connectivity index is 0. The molecule has 3 N–H and O–H groups in total. The van der Waals surface area contributed by atoms with Crippen LogP contribution in [-0.4, -0.2) is 44.9 Å². The second kappa shape index (κ2) is 38.4. The number of ether oxygens (including phenoxy) is 1. The zero-order valence-corrected chi connectivity index (χ0v) is 37.1. The normalized spacial score (nSPS) is 13.5. The minimum Gasteiger partial charge on any atom is -0.459 e. The molecule has 0 aliphatic rings. The summed E-state index contributed by atoms with van der Waals surface area (Å²) in [5.41, 5.74) is 0. The Morgan fingerprint density at radius 2 is 0.900 bits per heavy atom. The Morgan fingerprint density at radius 3 is 1.26 bits per heavy atom. The molecule has 294 valence electrons. The fourth-order valence-corrected chi connectivity index (χ4v) is 8.57. The Kier molecular flexibility index (Phi) is 40.8. The van der Waals surface area contributed by atoms with Crippen LogP contribution in [0.15, 0.2) is 0 Å². The van der Waals surface area contributed by atoms with E-state index in [2.05, 4.69) is 18.2 Å². The fraction of sp³-hybridized carbons (Fsp3) is 0.973. The standard InChI is InChI=1S/C37H76O9P2S.Na/c1-3-5-7-9-11-13-15-17-18-19-21-23-25-27-29-31-33-49-35-36(34-44-48(42,43)46-47(39,40)41)45-37(38)32-30-28-26-24-22-20-16-14-12-10-8-6-4-2;/h36H,3-35H2,1-2H3,(H,42,43)(H2,39,40,41);/q;+1. The molecule has 0 rings (SSSR count). The molecule has 0 aliphatic carbocycles. The molecule has 0 aromatic heterocycles. The zero-order valence-electron chi connectivity index (χ0n) is 32.5. The van der Waals surface area contributed by atoms with Gasteiger partial charge in [-0.3, -0.25) is 9.32 Å². The van der Waals surface area contributed by atoms with Gasteiger partial charge in [-0.15, -0.1) is 0 Å². The first-order chi connectivity index (χ1) is 23.6. The van der Waals surface area contributed by atoms with Crippen LogP contribution in [0.5, 0.6) is 0 Å². The Labute approximate surface area is 333 Å². The molecule has 0 radical (unpaired) electrons. The third-order valence-electron chi connectivity index (χ3n) is 8.86. The number of phosphoric acid groups is 2. The van der Waals surface area contributed by atoms with E-state index in [0.717, 1.165) is 37.9 Å². The van der Waals surface area contributed by atoms with Crippen LogP contribution in [0.3, 0.4) is 0 Å². The number of carbonyl (C=O) groups excluding carboxylic acids is 1. The predicted molar refractivity (Wildman–Crippen MR) is 206 cm³/mol. The molecule has 2 atom stereocenters. The van der Waals surface area contributed by atoms with Crippen molar-refractivity contribution >= 4 is 33.4 Å². The summed E-state index contributed by atoms with van der Waals surface area (Å²) in [6, 6.07) is 0. The van der Waals surface area contributed by atoms with Crippen molar-refractivity contribution in [3.05, 3.63) is 0 Å². The minimum atomic E-state index is -5.22. The molecule has 0 aromatic carbocycles. The topological polar surface area (TPSA) is 140 Å². The number of hydrogen-bond acceptors (Lipinski definition) is 7. The number of thioether (sulfide) groups is 1. The van der Waals surface area contributed by atoms with Crippen LogP contribution in [0.1, 0.15) is 206 Å². The van der Waals surface area contributed by atoms with Gasteiger partial charge < -0.3 is 19.4 Å². The quantitative estimate of drug-likeness (QED) is 0.0239. The van der Waals surface area contributed by atoms with Crippen LogP contribution in [0, 0.1) is 0 Å². The number of esters is 1. The fourth-order valence-electron chi connectivity index (χ4n) is 5.95. The van der Waals surface area contributed by atoms with Crippen LogP contribution in [0.25, 0.3) is 0 Å². The van der Waals surface area contributed by atoms with Crippen molar-refractivity contribution in [1.82, 2.24) is 0 Å². The summed E-state index contributed by atoms with van der Waals surface area (Å²) in [7, 11) is -10.2. The number of hydrogen-bond donors (Lipinski definition) is 3. The maximum Gasteiger partial charge on any atom is 1.00 e. The van der Waals surface area contributed by atoms with E-state index in [1.165, 1.54) is 154 Å². The second-order valence-corrected chi connectivity index (χ2v) is 17.8. The van der Waals surface area contributed by atoms with Crippen molar-refractivity contribution in [2.75, 3.05) is 18.1 Å². The first-order valence-corrected chi connectivity index (χ1v) is 24.3. The maximum atomic E-state index is 12.5. The van der Waals surface area contributed by atoms with Gasteiger partial charge in [-0.1, -0.05) is 187 Å². The van der Waals surface area contributed by atoms with Gasteiger partial charge in [0.25, 0.3) is 0 Å². The molecule has 0 aromatic rings. The molecule has 0 bridgehead atoms. The SMILES string of the molecule is CCCCCCCCCCCCCCCCCCSCC(COP(=O)(O)OP(=O)(O)O)OC(=O)CCCCCCCCCCCCCCC.[Na+]. The van der Waals surface area contributed by atoms with Gasteiger partial charge in [-0.2, -0.15) is 16.1 Å². The van der Waals surface area contributed by atoms with E-state index in [1.807, 2.05) is 0 Å². The summed E-state index contributed by atoms with van der Waals surface area (Å²) in [6.07, 6.45) is 36.2. The smallest absolute Gasteiger partial charge is 0.459 e. The van der Waals surface area contributed by atoms with Crippen LogP contribution in [0.2, 0.25) is 0 Å². The van der Waals surface area contributed by atoms with Crippen molar-refractivity contribution in [3.63, 3.8) is 0 Å². The molecule has 0 aliphatic heterocycles. The van der Waals surface area contributed by atoms with Crippen LogP contribution in [0.4, 0.5) is 0 Å². The molecular weight excluding hydrogens is 705 g/mol. The van der Waals surface area contributed by atoms with Gasteiger partial charge in [0, 0.05) is 12.2 Å². The molecule has 0 heterocycles. The molecule has 0 saturated heterocycles. The third-order valence-corrected chi connectivity index (χ3v) is 12.2. The minimum absolute atomic E-state index is 0. The van der Waals surface area contributed by atoms with E-state index in [1.54, 1.807) is 11.8 Å². The average Bonchev–Trinajstić information content (AvgIpc) is 3.04. The first-order valence-electron chi connectivity index (χ1n) is 20.1. The van der Waals surface area contributed by atoms with Gasteiger partial charge in [0.15, 0.2) is 0 Å². The summed E-state index contributed by atoms with van der Waals surface area (Å²) in [6.45, 7) is 4.02. The second-order valence-electron chi connectivity index (χ2n) is 13.8. The molecule has 0 saturated carbocycles. The van der Waals surface area contributed by atoms with Gasteiger partial charge in [0.1, 0.15) is 6.10 Å². The van der Waals surface area contributed by atoms with Crippen molar-refractivity contribution in [3.8, 4) is 0 Å². The van der Waals surface area contributed by atoms with Crippen LogP contribution >= 0.6 is 27.4 Å². The molecule has 2 unspecified atom stereocenters. The van der Waals surface area contributed by atoms with Crippen molar-refractivity contribution in [2.45, 2.75) is 213 Å². The van der Waals surface area contributed by atoms with E-state index in [4.69, 9.17) is 19.0 Å². The summed E-state index contributed by atoms with van der Waals surface area (Å²) >= 11 is 1.58. The molecular formula is C37H76NaO9P2S+. The Bertz CT molecular complexity index is 835. The Morgan fingerprint density at radius 1 is 0.560 bits per heavy atom. The van der Waals surface area contributed by atoms with Crippen molar-refractivity contribution in [1.29, 1.82) is 0 Å². The summed E-state index contributed by atoms with van der Waals surface area (Å²) in [5.74, 6) is 0.823. The van der Waals surface area contributed by atoms with Gasteiger partial charge in [-0.05, 0) is 18.6 Å². The summed E-state index contributed by atoms with van der Waals surface area (Å²) in [4.78, 5) is 39.9. The monoisotopic (exact) mass is 781 g/mol. The van der Waals surface area contributed by atoms with Crippen molar-refractivity contribution in [2.24, 2.45) is 0 Å². The first kappa shape index (κ1) is 53.2. The van der Waals surface area contributed by atoms with Gasteiger partial charge >= 0.3 is 51.2 Å². The van der Waals surface area contributed by atoms with Gasteiger partial charge in [-0.25, -0.2) is 9.13 Å². The average molecular weight is 782 g/mol. The molecule has 50 heavy (non-hydrogen) atoms. The van der Waals surface area contributed by atoms with Gasteiger partial charge in [0.2, 0.25) is 0 Å². The van der Waals surface area contributed by atoms with Crippen LogP contribution in [-0.2, 0) is 27.5 Å². The van der Waals surface area contributed by atoms with Crippen LogP contribution < -0.4 is 29.6 Å². The zero-order chi connectivity index (χ0) is 36.3. The van der Waals surface area contributed by atoms with Crippen molar-refractivity contribution < 1.29 is 71.7 Å². The molecule has 9 nitrogen and oxygen atoms in total. The molecule has 0 fully saturated rings. The predicted octanol–water partition coefficient (Wildman–Crippen LogP) is 9.60. The third kappa shape index (κ3) is 41.8. The molecule has 0 amide bonds. The number of unbranched alkanes of at least 4 members (excludes halogenated alkanes) is 27. The summed E-state index contributed by atoms with van der Waals surface area (Å²) < 4.78 is 37.2. The Hall–Kier alpha value is 1.08. The van der Waals surface area contributed by atoms with E-state index in [-0.39, 0.29) is 36.0 Å². The molecule has 13 heteroatoms. The van der Waals surface area contributed by atoms with E-state index < -0.39 is 34.3 Å². The number of rotatable bonds is 39. The summed E-state index contributed by atoms with van der Waals surface area (Å²) in [5, 5.41) is 0. The van der Waals surface area contributed by atoms with Gasteiger partial charge in [0.05, 0.1) is 6.61 Å². The van der Waals surface area contributed by atoms with E-state index >= 15 is 0 Å². The molecule has 0 spiro atoms. The number of phosphoric ester groups is 1. The van der Waals surface area contributed by atoms with E-state index in [9.17, 15) is 18.8 Å². The largest absolute Gasteiger partial charge is 1.00 e.